The third-order valence-corrected chi connectivity index (χ3v) is 3.40. The maximum Gasteiger partial charge on any atom is 0.337 e. The SMILES string of the molecule is O=C(O)c1cccc2c1[nH]c(=O)c(=O)n2N1CCOCC1. The van der Waals surface area contributed by atoms with Crippen molar-refractivity contribution in [1.82, 2.24) is 9.66 Å². The molecule has 21 heavy (non-hydrogen) atoms. The summed E-state index contributed by atoms with van der Waals surface area (Å²) in [4.78, 5) is 37.6. The second-order valence-electron chi connectivity index (χ2n) is 4.64. The summed E-state index contributed by atoms with van der Waals surface area (Å²) in [5.41, 5.74) is -1.12. The number of aromatic carboxylic acids is 1. The summed E-state index contributed by atoms with van der Waals surface area (Å²) in [6.07, 6.45) is 0. The topological polar surface area (TPSA) is 105 Å². The molecular weight excluding hydrogens is 278 g/mol. The molecular formula is C13H13N3O5. The fourth-order valence-electron chi connectivity index (χ4n) is 2.43. The number of aromatic nitrogens is 2. The number of H-pyrrole nitrogens is 1. The Labute approximate surface area is 118 Å². The van der Waals surface area contributed by atoms with Crippen molar-refractivity contribution in [1.29, 1.82) is 0 Å². The summed E-state index contributed by atoms with van der Waals surface area (Å²) in [5.74, 6) is -1.16. The molecule has 0 radical (unpaired) electrons. The molecule has 3 rings (SSSR count). The molecule has 1 saturated heterocycles. The summed E-state index contributed by atoms with van der Waals surface area (Å²) in [6.45, 7) is 1.80. The first-order valence-corrected chi connectivity index (χ1v) is 6.44. The predicted molar refractivity (Wildman–Crippen MR) is 74.6 cm³/mol. The number of carboxylic acid groups (broad SMARTS) is 1. The average Bonchev–Trinajstić information content (AvgIpc) is 2.49. The molecule has 1 aromatic carbocycles. The standard InChI is InChI=1S/C13H13N3O5/c17-11-12(18)16(15-4-6-21-7-5-15)9-3-1-2-8(13(19)20)10(9)14-11/h1-3H,4-7H2,(H,14,17)(H,19,20). The molecule has 1 aromatic heterocycles. The van der Waals surface area contributed by atoms with Gasteiger partial charge in [-0.1, -0.05) is 6.07 Å². The van der Waals surface area contributed by atoms with Crippen LogP contribution in [0, 0.1) is 0 Å². The number of nitrogens with zero attached hydrogens (tertiary/aromatic N) is 2. The molecule has 2 aromatic rings. The largest absolute Gasteiger partial charge is 0.478 e. The van der Waals surface area contributed by atoms with Gasteiger partial charge in [-0.15, -0.1) is 0 Å². The van der Waals surface area contributed by atoms with Gasteiger partial charge in [-0.05, 0) is 12.1 Å². The first-order chi connectivity index (χ1) is 10.1. The third-order valence-electron chi connectivity index (χ3n) is 3.40. The van der Waals surface area contributed by atoms with Crippen molar-refractivity contribution in [3.8, 4) is 0 Å². The zero-order valence-corrected chi connectivity index (χ0v) is 11.0. The fraction of sp³-hybridized carbons (Fsp3) is 0.308. The Bertz CT molecular complexity index is 817. The van der Waals surface area contributed by atoms with Crippen LogP contribution in [-0.4, -0.2) is 47.0 Å². The maximum absolute atomic E-state index is 12.2. The van der Waals surface area contributed by atoms with Gasteiger partial charge in [0.1, 0.15) is 0 Å². The molecule has 0 amide bonds. The van der Waals surface area contributed by atoms with E-state index in [1.54, 1.807) is 17.1 Å². The van der Waals surface area contributed by atoms with E-state index >= 15 is 0 Å². The van der Waals surface area contributed by atoms with Crippen molar-refractivity contribution in [3.05, 3.63) is 44.5 Å². The number of aromatic amines is 1. The molecule has 110 valence electrons. The minimum atomic E-state index is -1.16. The van der Waals surface area contributed by atoms with E-state index in [4.69, 9.17) is 4.74 Å². The average molecular weight is 291 g/mol. The zero-order chi connectivity index (χ0) is 15.0. The quantitative estimate of drug-likeness (QED) is 0.713. The van der Waals surface area contributed by atoms with Crippen LogP contribution in [0.25, 0.3) is 11.0 Å². The Morgan fingerprint density at radius 1 is 1.24 bits per heavy atom. The summed E-state index contributed by atoms with van der Waals surface area (Å²) in [6, 6.07) is 4.53. The molecule has 1 aliphatic rings. The van der Waals surface area contributed by atoms with Crippen LogP contribution in [0.5, 0.6) is 0 Å². The number of para-hydroxylation sites is 1. The highest BCUT2D eigenvalue weighted by atomic mass is 16.5. The lowest BCUT2D eigenvalue weighted by atomic mass is 10.2. The van der Waals surface area contributed by atoms with E-state index in [0.29, 0.717) is 31.8 Å². The Balaban J connectivity index is 2.34. The summed E-state index contributed by atoms with van der Waals surface area (Å²) in [7, 11) is 0. The van der Waals surface area contributed by atoms with Crippen LogP contribution in [-0.2, 0) is 4.74 Å². The van der Waals surface area contributed by atoms with Crippen LogP contribution < -0.4 is 16.1 Å². The van der Waals surface area contributed by atoms with Crippen molar-refractivity contribution in [3.63, 3.8) is 0 Å². The fourth-order valence-corrected chi connectivity index (χ4v) is 2.43. The van der Waals surface area contributed by atoms with Crippen molar-refractivity contribution < 1.29 is 14.6 Å². The molecule has 0 atom stereocenters. The Kier molecular flexibility index (Phi) is 3.22. The van der Waals surface area contributed by atoms with Crippen molar-refractivity contribution >= 4 is 17.0 Å². The lowest BCUT2D eigenvalue weighted by Crippen LogP contribution is -2.52. The van der Waals surface area contributed by atoms with Crippen LogP contribution in [0.4, 0.5) is 0 Å². The van der Waals surface area contributed by atoms with Gasteiger partial charge in [-0.2, -0.15) is 0 Å². The highest BCUT2D eigenvalue weighted by Crippen LogP contribution is 2.14. The predicted octanol–water partition coefficient (Wildman–Crippen LogP) is -0.644. The molecule has 8 nitrogen and oxygen atoms in total. The molecule has 0 bridgehead atoms. The van der Waals surface area contributed by atoms with Gasteiger partial charge in [-0.3, -0.25) is 9.59 Å². The highest BCUT2D eigenvalue weighted by Gasteiger charge is 2.19. The Morgan fingerprint density at radius 3 is 2.62 bits per heavy atom. The Hall–Kier alpha value is -2.61. The van der Waals surface area contributed by atoms with Gasteiger partial charge in [0.05, 0.1) is 42.9 Å². The molecule has 0 saturated carbocycles. The minimum absolute atomic E-state index is 0.0494. The van der Waals surface area contributed by atoms with E-state index in [9.17, 15) is 19.5 Å². The van der Waals surface area contributed by atoms with Gasteiger partial charge in [0.15, 0.2) is 0 Å². The van der Waals surface area contributed by atoms with E-state index in [0.717, 1.165) is 0 Å². The zero-order valence-electron chi connectivity index (χ0n) is 11.0. The lowest BCUT2D eigenvalue weighted by molar-refractivity contribution is 0.0698. The summed E-state index contributed by atoms with van der Waals surface area (Å²) >= 11 is 0. The number of carbonyl (C=O) groups is 1. The van der Waals surface area contributed by atoms with E-state index in [-0.39, 0.29) is 11.1 Å². The van der Waals surface area contributed by atoms with E-state index in [1.807, 2.05) is 0 Å². The van der Waals surface area contributed by atoms with Gasteiger partial charge < -0.3 is 19.8 Å². The van der Waals surface area contributed by atoms with Gasteiger partial charge in [0, 0.05) is 0 Å². The first-order valence-electron chi connectivity index (χ1n) is 6.44. The number of carboxylic acids is 1. The number of morpholine rings is 1. The number of fused-ring (bicyclic) bond motifs is 1. The number of ether oxygens (including phenoxy) is 1. The molecule has 8 heteroatoms. The van der Waals surface area contributed by atoms with Crippen LogP contribution >= 0.6 is 0 Å². The molecule has 1 fully saturated rings. The number of benzene rings is 1. The number of hydrogen-bond donors (Lipinski definition) is 2. The molecule has 0 aliphatic carbocycles. The van der Waals surface area contributed by atoms with Crippen LogP contribution in [0.2, 0.25) is 0 Å². The van der Waals surface area contributed by atoms with E-state index in [1.165, 1.54) is 10.7 Å². The van der Waals surface area contributed by atoms with Gasteiger partial charge in [-0.25, -0.2) is 9.47 Å². The van der Waals surface area contributed by atoms with Crippen LogP contribution in [0.1, 0.15) is 10.4 Å². The van der Waals surface area contributed by atoms with Crippen LogP contribution in [0.3, 0.4) is 0 Å². The smallest absolute Gasteiger partial charge is 0.337 e. The highest BCUT2D eigenvalue weighted by molar-refractivity contribution is 6.00. The normalized spacial score (nSPS) is 15.3. The minimum Gasteiger partial charge on any atom is -0.478 e. The molecule has 0 spiro atoms. The molecule has 0 unspecified atom stereocenters. The lowest BCUT2D eigenvalue weighted by Gasteiger charge is -2.30. The molecule has 2 heterocycles. The van der Waals surface area contributed by atoms with E-state index < -0.39 is 17.1 Å². The number of nitrogens with one attached hydrogen (secondary N) is 1. The number of hydrogen-bond acceptors (Lipinski definition) is 5. The molecule has 1 aliphatic heterocycles. The third kappa shape index (κ3) is 2.19. The summed E-state index contributed by atoms with van der Waals surface area (Å²) in [5, 5.41) is 10.9. The maximum atomic E-state index is 12.2. The summed E-state index contributed by atoms with van der Waals surface area (Å²) < 4.78 is 6.47. The van der Waals surface area contributed by atoms with Crippen molar-refractivity contribution in [2.45, 2.75) is 0 Å². The van der Waals surface area contributed by atoms with Gasteiger partial charge in [0.25, 0.3) is 0 Å². The second-order valence-corrected chi connectivity index (χ2v) is 4.64. The van der Waals surface area contributed by atoms with Crippen molar-refractivity contribution in [2.75, 3.05) is 31.3 Å². The monoisotopic (exact) mass is 291 g/mol. The second kappa shape index (κ2) is 5.06. The van der Waals surface area contributed by atoms with Crippen molar-refractivity contribution in [2.24, 2.45) is 0 Å². The first kappa shape index (κ1) is 13.4. The van der Waals surface area contributed by atoms with Gasteiger partial charge >= 0.3 is 17.1 Å². The van der Waals surface area contributed by atoms with E-state index in [2.05, 4.69) is 4.98 Å². The van der Waals surface area contributed by atoms with Gasteiger partial charge in [0.2, 0.25) is 0 Å². The number of rotatable bonds is 2. The van der Waals surface area contributed by atoms with Crippen LogP contribution in [0.15, 0.2) is 27.8 Å². The molecule has 2 N–H and O–H groups in total. The Morgan fingerprint density at radius 2 is 1.95 bits per heavy atom.